The number of aryl methyl sites for hydroxylation is 1. The number of benzene rings is 2. The summed E-state index contributed by atoms with van der Waals surface area (Å²) in [6.45, 7) is 3.98. The fourth-order valence-electron chi connectivity index (χ4n) is 5.36. The van der Waals surface area contributed by atoms with E-state index in [1.165, 1.54) is 12.0 Å². The molecular weight excluding hydrogens is 436 g/mol. The van der Waals surface area contributed by atoms with Crippen molar-refractivity contribution in [2.75, 3.05) is 6.61 Å². The Hall–Kier alpha value is -3.47. The van der Waals surface area contributed by atoms with E-state index in [1.807, 2.05) is 24.3 Å². The summed E-state index contributed by atoms with van der Waals surface area (Å²) in [4.78, 5) is 30.8. The molecule has 2 atom stereocenters. The van der Waals surface area contributed by atoms with Crippen LogP contribution >= 0.6 is 0 Å². The monoisotopic (exact) mass is 468 g/mol. The Morgan fingerprint density at radius 1 is 1.06 bits per heavy atom. The number of amides is 1. The van der Waals surface area contributed by atoms with E-state index in [-0.39, 0.29) is 18.6 Å². The third kappa shape index (κ3) is 5.00. The molecule has 2 unspecified atom stereocenters. The normalized spacial score (nSPS) is 20.6. The molecule has 0 bridgehead atoms. The van der Waals surface area contributed by atoms with Gasteiger partial charge in [-0.05, 0) is 67.4 Å². The van der Waals surface area contributed by atoms with Crippen molar-refractivity contribution in [3.63, 3.8) is 0 Å². The van der Waals surface area contributed by atoms with Crippen molar-refractivity contribution in [1.29, 1.82) is 0 Å². The lowest BCUT2D eigenvalue weighted by molar-refractivity contribution is -0.125. The molecule has 0 radical (unpaired) electrons. The molecule has 1 fully saturated rings. The summed E-state index contributed by atoms with van der Waals surface area (Å²) in [5, 5.41) is 3.84. The van der Waals surface area contributed by atoms with E-state index in [1.54, 1.807) is 0 Å². The smallest absolute Gasteiger partial charge is 0.339 e. The quantitative estimate of drug-likeness (QED) is 0.475. The van der Waals surface area contributed by atoms with Crippen molar-refractivity contribution >= 4 is 34.4 Å². The molecule has 3 aromatic rings. The van der Waals surface area contributed by atoms with Gasteiger partial charge in [0.25, 0.3) is 5.91 Å². The molecule has 2 aliphatic rings. The number of pyridine rings is 1. The fourth-order valence-corrected chi connectivity index (χ4v) is 5.36. The number of hydrogen-bond acceptors (Lipinski definition) is 4. The maximum absolute atomic E-state index is 13.3. The minimum absolute atomic E-state index is 0.162. The van der Waals surface area contributed by atoms with Crippen LogP contribution in [0.1, 0.15) is 71.8 Å². The van der Waals surface area contributed by atoms with Gasteiger partial charge in [-0.15, -0.1) is 0 Å². The molecule has 5 nitrogen and oxygen atoms in total. The Morgan fingerprint density at radius 2 is 1.83 bits per heavy atom. The first-order chi connectivity index (χ1) is 17.0. The summed E-state index contributed by atoms with van der Waals surface area (Å²) >= 11 is 0. The standard InChI is InChI=1S/C30H32N2O3/c1-19-11-13-21(14-12-19)17-22-15-16-24-28(23-8-4-6-10-26(23)32-29(22)24)30(34)35-18-27(33)31-25-9-5-3-7-20(25)2/h4,6,8,10-14,17,20,25H,3,5,7,9,15-16,18H2,1-2H3,(H,31,33). The Bertz CT molecular complexity index is 1290. The SMILES string of the molecule is Cc1ccc(C=C2CCc3c2nc2ccccc2c3C(=O)OCC(=O)NC2CCCCC2C)cc1. The van der Waals surface area contributed by atoms with Crippen LogP contribution < -0.4 is 5.32 Å². The number of nitrogens with one attached hydrogen (secondary N) is 1. The summed E-state index contributed by atoms with van der Waals surface area (Å²) in [7, 11) is 0. The first-order valence-corrected chi connectivity index (χ1v) is 12.7. The van der Waals surface area contributed by atoms with Crippen LogP contribution in [0.5, 0.6) is 0 Å². The van der Waals surface area contributed by atoms with Gasteiger partial charge in [-0.3, -0.25) is 4.79 Å². The molecule has 1 amide bonds. The molecule has 5 rings (SSSR count). The molecule has 1 aromatic heterocycles. The number of para-hydroxylation sites is 1. The first kappa shape index (κ1) is 23.3. The fraction of sp³-hybridized carbons (Fsp3) is 0.367. The van der Waals surface area contributed by atoms with Crippen LogP contribution in [0.3, 0.4) is 0 Å². The molecule has 1 heterocycles. The van der Waals surface area contributed by atoms with E-state index in [9.17, 15) is 9.59 Å². The van der Waals surface area contributed by atoms with E-state index in [0.29, 0.717) is 11.5 Å². The number of aromatic nitrogens is 1. The highest BCUT2D eigenvalue weighted by molar-refractivity contribution is 6.07. The second-order valence-electron chi connectivity index (χ2n) is 9.92. The van der Waals surface area contributed by atoms with Gasteiger partial charge in [0.15, 0.2) is 6.61 Å². The van der Waals surface area contributed by atoms with Gasteiger partial charge in [0.05, 0.1) is 16.8 Å². The number of carbonyl (C=O) groups is 2. The average molecular weight is 469 g/mol. The molecule has 5 heteroatoms. The molecule has 1 saturated carbocycles. The van der Waals surface area contributed by atoms with Crippen LogP contribution in [0.4, 0.5) is 0 Å². The number of nitrogens with zero attached hydrogens (tertiary/aromatic N) is 1. The van der Waals surface area contributed by atoms with E-state index in [2.05, 4.69) is 49.5 Å². The zero-order chi connectivity index (χ0) is 24.4. The lowest BCUT2D eigenvalue weighted by Gasteiger charge is -2.29. The number of ether oxygens (including phenoxy) is 1. The Morgan fingerprint density at radius 3 is 2.63 bits per heavy atom. The van der Waals surface area contributed by atoms with E-state index >= 15 is 0 Å². The van der Waals surface area contributed by atoms with Crippen LogP contribution in [0.15, 0.2) is 48.5 Å². The number of rotatable bonds is 5. The maximum atomic E-state index is 13.3. The van der Waals surface area contributed by atoms with Gasteiger partial charge < -0.3 is 10.1 Å². The molecule has 2 aliphatic carbocycles. The second-order valence-corrected chi connectivity index (χ2v) is 9.92. The molecule has 1 N–H and O–H groups in total. The lowest BCUT2D eigenvalue weighted by atomic mass is 9.86. The van der Waals surface area contributed by atoms with Crippen LogP contribution in [0.25, 0.3) is 22.6 Å². The minimum atomic E-state index is -0.455. The van der Waals surface area contributed by atoms with Crippen molar-refractivity contribution in [2.24, 2.45) is 5.92 Å². The number of esters is 1. The number of allylic oxidation sites excluding steroid dienone is 1. The lowest BCUT2D eigenvalue weighted by Crippen LogP contribution is -2.42. The average Bonchev–Trinajstić information content (AvgIpc) is 3.25. The predicted molar refractivity (Wildman–Crippen MR) is 139 cm³/mol. The van der Waals surface area contributed by atoms with Gasteiger partial charge in [-0.25, -0.2) is 9.78 Å². The molecular formula is C30H32N2O3. The van der Waals surface area contributed by atoms with E-state index in [0.717, 1.165) is 65.4 Å². The van der Waals surface area contributed by atoms with Gasteiger partial charge in [0.1, 0.15) is 0 Å². The Kier molecular flexibility index (Phi) is 6.67. The third-order valence-corrected chi connectivity index (χ3v) is 7.36. The largest absolute Gasteiger partial charge is 0.452 e. The molecule has 35 heavy (non-hydrogen) atoms. The highest BCUT2D eigenvalue weighted by Gasteiger charge is 2.28. The van der Waals surface area contributed by atoms with Crippen LogP contribution in [0, 0.1) is 12.8 Å². The summed E-state index contributed by atoms with van der Waals surface area (Å²) in [6.07, 6.45) is 8.14. The first-order valence-electron chi connectivity index (χ1n) is 12.7. The summed E-state index contributed by atoms with van der Waals surface area (Å²) in [5.41, 5.74) is 6.52. The summed E-state index contributed by atoms with van der Waals surface area (Å²) in [6, 6.07) is 16.2. The van der Waals surface area contributed by atoms with E-state index in [4.69, 9.17) is 9.72 Å². The number of hydrogen-bond donors (Lipinski definition) is 1. The van der Waals surface area contributed by atoms with Crippen molar-refractivity contribution < 1.29 is 14.3 Å². The zero-order valence-electron chi connectivity index (χ0n) is 20.5. The van der Waals surface area contributed by atoms with Gasteiger partial charge in [-0.2, -0.15) is 0 Å². The second kappa shape index (κ2) is 10.0. The van der Waals surface area contributed by atoms with Crippen molar-refractivity contribution in [2.45, 2.75) is 58.4 Å². The van der Waals surface area contributed by atoms with Crippen LogP contribution in [-0.4, -0.2) is 29.5 Å². The number of fused-ring (bicyclic) bond motifs is 2. The highest BCUT2D eigenvalue weighted by atomic mass is 16.5. The molecule has 0 saturated heterocycles. The van der Waals surface area contributed by atoms with Crippen molar-refractivity contribution in [3.8, 4) is 0 Å². The predicted octanol–water partition coefficient (Wildman–Crippen LogP) is 5.88. The van der Waals surface area contributed by atoms with Crippen LogP contribution in [-0.2, 0) is 16.0 Å². The Labute approximate surface area is 206 Å². The van der Waals surface area contributed by atoms with Crippen LogP contribution in [0.2, 0.25) is 0 Å². The number of carbonyl (C=O) groups excluding carboxylic acids is 2. The molecule has 0 spiro atoms. The van der Waals surface area contributed by atoms with Gasteiger partial charge >= 0.3 is 5.97 Å². The highest BCUT2D eigenvalue weighted by Crippen LogP contribution is 2.37. The molecule has 180 valence electrons. The third-order valence-electron chi connectivity index (χ3n) is 7.36. The van der Waals surface area contributed by atoms with Gasteiger partial charge in [0.2, 0.25) is 0 Å². The summed E-state index contributed by atoms with van der Waals surface area (Å²) in [5.74, 6) is -0.232. The maximum Gasteiger partial charge on any atom is 0.339 e. The molecule has 2 aromatic carbocycles. The van der Waals surface area contributed by atoms with Gasteiger partial charge in [0, 0.05) is 11.4 Å². The van der Waals surface area contributed by atoms with E-state index < -0.39 is 5.97 Å². The topological polar surface area (TPSA) is 68.3 Å². The zero-order valence-corrected chi connectivity index (χ0v) is 20.5. The van der Waals surface area contributed by atoms with Gasteiger partial charge in [-0.1, -0.05) is 67.8 Å². The summed E-state index contributed by atoms with van der Waals surface area (Å²) < 4.78 is 5.57. The Balaban J connectivity index is 1.40. The minimum Gasteiger partial charge on any atom is -0.452 e. The van der Waals surface area contributed by atoms with Crippen molar-refractivity contribution in [3.05, 3.63) is 76.5 Å². The molecule has 0 aliphatic heterocycles. The van der Waals surface area contributed by atoms with Crippen molar-refractivity contribution in [1.82, 2.24) is 10.3 Å².